The van der Waals surface area contributed by atoms with Gasteiger partial charge in [0.15, 0.2) is 5.69 Å². The van der Waals surface area contributed by atoms with E-state index in [4.69, 9.17) is 0 Å². The van der Waals surface area contributed by atoms with Crippen LogP contribution in [-0.4, -0.2) is 33.7 Å². The molecule has 2 heterocycles. The molecule has 0 radical (unpaired) electrons. The van der Waals surface area contributed by atoms with E-state index in [1.54, 1.807) is 6.92 Å². The Hall–Kier alpha value is -3.46. The van der Waals surface area contributed by atoms with Crippen molar-refractivity contribution in [1.82, 2.24) is 20.0 Å². The summed E-state index contributed by atoms with van der Waals surface area (Å²) >= 11 is 0. The molecular weight excluding hydrogens is 445 g/mol. The van der Waals surface area contributed by atoms with Gasteiger partial charge >= 0.3 is 6.18 Å². The molecule has 3 aromatic rings. The Morgan fingerprint density at radius 3 is 2.44 bits per heavy atom. The van der Waals surface area contributed by atoms with Crippen LogP contribution in [-0.2, 0) is 19.3 Å². The number of amides is 1. The highest BCUT2D eigenvalue weighted by atomic mass is 19.4. The van der Waals surface area contributed by atoms with Crippen LogP contribution in [0.5, 0.6) is 0 Å². The Morgan fingerprint density at radius 1 is 1.03 bits per heavy atom. The van der Waals surface area contributed by atoms with Gasteiger partial charge in [-0.05, 0) is 62.2 Å². The van der Waals surface area contributed by atoms with Gasteiger partial charge in [-0.25, -0.2) is 4.68 Å². The van der Waals surface area contributed by atoms with E-state index < -0.39 is 23.1 Å². The molecule has 9 heteroatoms. The van der Waals surface area contributed by atoms with Crippen molar-refractivity contribution in [3.05, 3.63) is 92.9 Å². The Bertz CT molecular complexity index is 1250. The molecule has 0 bridgehead atoms. The number of nitrogens with zero attached hydrogens (tertiary/aromatic N) is 3. The van der Waals surface area contributed by atoms with Crippen LogP contribution in [0.25, 0.3) is 5.69 Å². The molecule has 1 aliphatic heterocycles. The van der Waals surface area contributed by atoms with Crippen LogP contribution in [0.15, 0.2) is 59.4 Å². The quantitative estimate of drug-likeness (QED) is 0.590. The van der Waals surface area contributed by atoms with Gasteiger partial charge in [0, 0.05) is 24.8 Å². The maximum Gasteiger partial charge on any atom is 0.416 e. The van der Waals surface area contributed by atoms with Crippen molar-refractivity contribution >= 4 is 5.91 Å². The van der Waals surface area contributed by atoms with Crippen molar-refractivity contribution < 1.29 is 18.0 Å². The van der Waals surface area contributed by atoms with Crippen molar-refractivity contribution in [1.29, 1.82) is 0 Å². The highest BCUT2D eigenvalue weighted by Crippen LogP contribution is 2.30. The van der Waals surface area contributed by atoms with Gasteiger partial charge in [-0.1, -0.05) is 30.3 Å². The fourth-order valence-electron chi connectivity index (χ4n) is 4.11. The lowest BCUT2D eigenvalue weighted by Crippen LogP contribution is -2.32. The lowest BCUT2D eigenvalue weighted by molar-refractivity contribution is -0.137. The molecule has 0 saturated carbocycles. The van der Waals surface area contributed by atoms with Gasteiger partial charge in [0.25, 0.3) is 5.91 Å². The molecule has 1 N–H and O–H groups in total. The highest BCUT2D eigenvalue weighted by molar-refractivity contribution is 5.92. The molecule has 4 rings (SSSR count). The third kappa shape index (κ3) is 5.36. The average molecular weight is 470 g/mol. The van der Waals surface area contributed by atoms with E-state index in [9.17, 15) is 22.8 Å². The average Bonchev–Trinajstić information content (AvgIpc) is 3.31. The number of hydrogen-bond acceptors (Lipinski definition) is 4. The van der Waals surface area contributed by atoms with Crippen molar-refractivity contribution in [3.63, 3.8) is 0 Å². The van der Waals surface area contributed by atoms with Gasteiger partial charge in [0.1, 0.15) is 0 Å². The van der Waals surface area contributed by atoms with Gasteiger partial charge in [0.05, 0.1) is 11.3 Å². The number of nitrogens with one attached hydrogen (secondary N) is 1. The molecule has 1 fully saturated rings. The molecule has 0 aliphatic carbocycles. The van der Waals surface area contributed by atoms with Crippen LogP contribution in [0, 0.1) is 6.92 Å². The second kappa shape index (κ2) is 9.80. The van der Waals surface area contributed by atoms with Gasteiger partial charge < -0.3 is 5.32 Å². The van der Waals surface area contributed by atoms with Crippen LogP contribution in [0.3, 0.4) is 0 Å². The smallest absolute Gasteiger partial charge is 0.346 e. The number of alkyl halides is 3. The van der Waals surface area contributed by atoms with Gasteiger partial charge in [0.2, 0.25) is 5.43 Å². The topological polar surface area (TPSA) is 67.2 Å². The van der Waals surface area contributed by atoms with E-state index in [1.807, 2.05) is 24.3 Å². The number of benzene rings is 2. The van der Waals surface area contributed by atoms with Gasteiger partial charge in [-0.2, -0.15) is 18.3 Å². The number of carbonyl (C=O) groups excluding carboxylic acids is 1. The van der Waals surface area contributed by atoms with E-state index in [0.29, 0.717) is 5.69 Å². The second-order valence-corrected chi connectivity index (χ2v) is 8.39. The summed E-state index contributed by atoms with van der Waals surface area (Å²) in [6, 6.07) is 13.6. The minimum atomic E-state index is -4.52. The predicted octanol–water partition coefficient (Wildman–Crippen LogP) is 4.09. The zero-order chi connectivity index (χ0) is 24.3. The monoisotopic (exact) mass is 470 g/mol. The maximum atomic E-state index is 13.1. The minimum absolute atomic E-state index is 0.109. The van der Waals surface area contributed by atoms with Crippen LogP contribution in [0.4, 0.5) is 13.2 Å². The molecule has 178 valence electrons. The fraction of sp³-hybridized carbons (Fsp3) is 0.320. The van der Waals surface area contributed by atoms with Crippen molar-refractivity contribution in [3.8, 4) is 5.69 Å². The normalized spacial score (nSPS) is 14.4. The lowest BCUT2D eigenvalue weighted by atomic mass is 10.1. The first-order valence-electron chi connectivity index (χ1n) is 11.1. The van der Waals surface area contributed by atoms with Crippen molar-refractivity contribution in [2.45, 2.75) is 39.0 Å². The third-order valence-corrected chi connectivity index (χ3v) is 5.89. The molecule has 1 amide bonds. The molecular formula is C25H25F3N4O2. The zero-order valence-electron chi connectivity index (χ0n) is 18.7. The summed E-state index contributed by atoms with van der Waals surface area (Å²) in [6.07, 6.45) is -2.17. The fourth-order valence-corrected chi connectivity index (χ4v) is 4.11. The summed E-state index contributed by atoms with van der Waals surface area (Å²) in [5, 5.41) is 6.84. The summed E-state index contributed by atoms with van der Waals surface area (Å²) in [6.45, 7) is 4.63. The number of hydrogen-bond donors (Lipinski definition) is 1. The maximum absolute atomic E-state index is 13.1. The molecule has 0 unspecified atom stereocenters. The SMILES string of the molecule is Cc1cc(=O)c(C(=O)NCc2ccccc2CN2CCCC2)nn1-c1cccc(C(F)(F)F)c1. The third-order valence-electron chi connectivity index (χ3n) is 5.89. The summed E-state index contributed by atoms with van der Waals surface area (Å²) in [5.74, 6) is -0.679. The molecule has 1 aliphatic rings. The van der Waals surface area contributed by atoms with E-state index in [2.05, 4.69) is 15.3 Å². The summed E-state index contributed by atoms with van der Waals surface area (Å²) in [4.78, 5) is 27.7. The number of likely N-dealkylation sites (tertiary alicyclic amines) is 1. The lowest BCUT2D eigenvalue weighted by Gasteiger charge is -2.18. The van der Waals surface area contributed by atoms with Crippen LogP contribution in [0.2, 0.25) is 0 Å². The Kier molecular flexibility index (Phi) is 6.83. The Morgan fingerprint density at radius 2 is 1.74 bits per heavy atom. The molecule has 1 saturated heterocycles. The summed E-state index contributed by atoms with van der Waals surface area (Å²) in [7, 11) is 0. The van der Waals surface area contributed by atoms with Crippen LogP contribution >= 0.6 is 0 Å². The summed E-state index contributed by atoms with van der Waals surface area (Å²) < 4.78 is 40.6. The number of halogens is 3. The van der Waals surface area contributed by atoms with Crippen molar-refractivity contribution in [2.75, 3.05) is 13.1 Å². The number of rotatable bonds is 6. The van der Waals surface area contributed by atoms with Gasteiger partial charge in [-0.15, -0.1) is 0 Å². The zero-order valence-corrected chi connectivity index (χ0v) is 18.7. The van der Waals surface area contributed by atoms with Crippen LogP contribution in [0.1, 0.15) is 45.7 Å². The highest BCUT2D eigenvalue weighted by Gasteiger charge is 2.30. The van der Waals surface area contributed by atoms with E-state index in [0.717, 1.165) is 42.9 Å². The molecule has 2 aromatic carbocycles. The predicted molar refractivity (Wildman–Crippen MR) is 122 cm³/mol. The Labute approximate surface area is 195 Å². The van der Waals surface area contributed by atoms with Gasteiger partial charge in [-0.3, -0.25) is 14.5 Å². The molecule has 34 heavy (non-hydrogen) atoms. The summed E-state index contributed by atoms with van der Waals surface area (Å²) in [5.41, 5.74) is 0.652. The number of aromatic nitrogens is 2. The molecule has 0 spiro atoms. The minimum Gasteiger partial charge on any atom is -0.346 e. The van der Waals surface area contributed by atoms with E-state index in [-0.39, 0.29) is 17.9 Å². The molecule has 1 aromatic heterocycles. The first kappa shape index (κ1) is 23.7. The number of carbonyl (C=O) groups is 1. The standard InChI is InChI=1S/C25H25F3N4O2/c1-17-13-22(33)23(30-32(17)21-10-6-9-20(14-21)25(26,27)28)24(34)29-15-18-7-2-3-8-19(18)16-31-11-4-5-12-31/h2-3,6-10,13-14H,4-5,11-12,15-16H2,1H3,(H,29,34). The first-order valence-corrected chi connectivity index (χ1v) is 11.1. The van der Waals surface area contributed by atoms with Crippen molar-refractivity contribution in [2.24, 2.45) is 0 Å². The number of aryl methyl sites for hydroxylation is 1. The molecule has 0 atom stereocenters. The van der Waals surface area contributed by atoms with E-state index in [1.165, 1.54) is 35.7 Å². The Balaban J connectivity index is 1.55. The second-order valence-electron chi connectivity index (χ2n) is 8.39. The largest absolute Gasteiger partial charge is 0.416 e. The van der Waals surface area contributed by atoms with Crippen LogP contribution < -0.4 is 10.7 Å². The first-order chi connectivity index (χ1) is 16.2. The molecule has 6 nitrogen and oxygen atoms in total. The van der Waals surface area contributed by atoms with E-state index >= 15 is 0 Å².